The zero-order valence-corrected chi connectivity index (χ0v) is 35.1. The van der Waals surface area contributed by atoms with Crippen LogP contribution in [0.3, 0.4) is 0 Å². The number of unbranched alkanes of at least 4 members (excludes halogenated alkanes) is 10. The number of esters is 2. The molecule has 0 amide bonds. The van der Waals surface area contributed by atoms with Gasteiger partial charge in [-0.1, -0.05) is 137 Å². The van der Waals surface area contributed by atoms with Crippen molar-refractivity contribution in [3.8, 4) is 0 Å². The highest BCUT2D eigenvalue weighted by Crippen LogP contribution is 2.43. The number of hydrogen-bond acceptors (Lipinski definition) is 10. The number of phosphoric acid groups is 1. The molecule has 0 aliphatic heterocycles. The van der Waals surface area contributed by atoms with E-state index in [9.17, 15) is 29.3 Å². The van der Waals surface area contributed by atoms with Crippen molar-refractivity contribution in [2.24, 2.45) is 0 Å². The first-order valence-electron chi connectivity index (χ1n) is 20.7. The topological polar surface area (TPSA) is 169 Å². The van der Waals surface area contributed by atoms with Crippen LogP contribution in [-0.2, 0) is 32.7 Å². The van der Waals surface area contributed by atoms with Crippen molar-refractivity contribution in [2.45, 2.75) is 154 Å². The Bertz CT molecular complexity index is 1220. The van der Waals surface area contributed by atoms with E-state index in [0.29, 0.717) is 25.7 Å². The molecule has 56 heavy (non-hydrogen) atoms. The molecule has 12 heteroatoms. The Morgan fingerprint density at radius 3 is 1.79 bits per heavy atom. The van der Waals surface area contributed by atoms with Crippen molar-refractivity contribution < 1.29 is 52.9 Å². The minimum absolute atomic E-state index is 0.0838. The van der Waals surface area contributed by atoms with Crippen molar-refractivity contribution in [1.29, 1.82) is 0 Å². The SMILES string of the molecule is CCCCCC/C=C\C=C/CCCCCCCC(=O)OC[C@H](COP(=O)(O)OC[C@@H](O)CO)OC(=O)CCC/C=C\C/C=C\C/C=C\C/C=C\C=C\[C@H](O)CC. The third-order valence-electron chi connectivity index (χ3n) is 8.22. The molecule has 0 aliphatic carbocycles. The van der Waals surface area contributed by atoms with E-state index in [4.69, 9.17) is 19.1 Å². The van der Waals surface area contributed by atoms with Gasteiger partial charge in [-0.25, -0.2) is 4.57 Å². The van der Waals surface area contributed by atoms with Crippen LogP contribution in [0.5, 0.6) is 0 Å². The number of rotatable bonds is 37. The fourth-order valence-electron chi connectivity index (χ4n) is 4.85. The van der Waals surface area contributed by atoms with E-state index < -0.39 is 57.9 Å². The van der Waals surface area contributed by atoms with Gasteiger partial charge in [0, 0.05) is 12.8 Å². The lowest BCUT2D eigenvalue weighted by atomic mass is 10.1. The third kappa shape index (κ3) is 38.0. The molecule has 1 unspecified atom stereocenters. The Morgan fingerprint density at radius 2 is 1.14 bits per heavy atom. The molecule has 0 spiro atoms. The molecule has 0 aliphatic rings. The summed E-state index contributed by atoms with van der Waals surface area (Å²) in [7, 11) is -4.65. The predicted molar refractivity (Wildman–Crippen MR) is 225 cm³/mol. The minimum Gasteiger partial charge on any atom is -0.462 e. The highest BCUT2D eigenvalue weighted by Gasteiger charge is 2.27. The zero-order chi connectivity index (χ0) is 41.4. The number of carbonyl (C=O) groups is 2. The maximum Gasteiger partial charge on any atom is 0.472 e. The van der Waals surface area contributed by atoms with Gasteiger partial charge in [0.15, 0.2) is 6.10 Å². The predicted octanol–water partition coefficient (Wildman–Crippen LogP) is 9.63. The smallest absolute Gasteiger partial charge is 0.462 e. The van der Waals surface area contributed by atoms with Gasteiger partial charge in [-0.05, 0) is 70.6 Å². The number of allylic oxidation sites excluding steroid dienone is 13. The summed E-state index contributed by atoms with van der Waals surface area (Å²) in [6.45, 7) is 1.90. The van der Waals surface area contributed by atoms with Gasteiger partial charge < -0.3 is 29.7 Å². The molecule has 0 aromatic carbocycles. The number of hydrogen-bond donors (Lipinski definition) is 4. The number of ether oxygens (including phenoxy) is 2. The van der Waals surface area contributed by atoms with E-state index in [1.54, 1.807) is 6.08 Å². The lowest BCUT2D eigenvalue weighted by Gasteiger charge is -2.20. The fraction of sp³-hybridized carbons (Fsp3) is 0.636. The second-order valence-electron chi connectivity index (χ2n) is 13.5. The van der Waals surface area contributed by atoms with Crippen LogP contribution in [0.4, 0.5) is 0 Å². The first-order chi connectivity index (χ1) is 27.1. The van der Waals surface area contributed by atoms with Crippen molar-refractivity contribution >= 4 is 19.8 Å². The molecular weight excluding hydrogens is 735 g/mol. The molecule has 0 fully saturated rings. The minimum atomic E-state index is -4.65. The van der Waals surface area contributed by atoms with Gasteiger partial charge in [-0.15, -0.1) is 0 Å². The summed E-state index contributed by atoms with van der Waals surface area (Å²) in [6.07, 6.45) is 42.2. The molecule has 0 saturated carbocycles. The Morgan fingerprint density at radius 1 is 0.607 bits per heavy atom. The molecule has 4 N–H and O–H groups in total. The van der Waals surface area contributed by atoms with Crippen molar-refractivity contribution in [3.05, 3.63) is 85.1 Å². The third-order valence-corrected chi connectivity index (χ3v) is 9.17. The summed E-state index contributed by atoms with van der Waals surface area (Å²) in [4.78, 5) is 34.9. The Kier molecular flexibility index (Phi) is 36.9. The summed E-state index contributed by atoms with van der Waals surface area (Å²) in [6, 6.07) is 0. The van der Waals surface area contributed by atoms with E-state index in [-0.39, 0.29) is 19.4 Å². The van der Waals surface area contributed by atoms with Crippen molar-refractivity contribution in [1.82, 2.24) is 0 Å². The van der Waals surface area contributed by atoms with Gasteiger partial charge in [-0.3, -0.25) is 18.6 Å². The van der Waals surface area contributed by atoms with Crippen LogP contribution in [0, 0.1) is 0 Å². The molecular formula is C44H73O11P. The number of phosphoric ester groups is 1. The number of carbonyl (C=O) groups excluding carboxylic acids is 2. The summed E-state index contributed by atoms with van der Waals surface area (Å²) in [5.74, 6) is -1.04. The van der Waals surface area contributed by atoms with Crippen molar-refractivity contribution in [2.75, 3.05) is 26.4 Å². The second kappa shape index (κ2) is 39.0. The quantitative estimate of drug-likeness (QED) is 0.0155. The van der Waals surface area contributed by atoms with Gasteiger partial charge in [0.2, 0.25) is 0 Å². The van der Waals surface area contributed by atoms with Gasteiger partial charge in [0.05, 0.1) is 25.9 Å². The average molecular weight is 809 g/mol. The van der Waals surface area contributed by atoms with E-state index in [0.717, 1.165) is 57.8 Å². The molecule has 0 heterocycles. The highest BCUT2D eigenvalue weighted by molar-refractivity contribution is 7.47. The standard InChI is InChI=1S/C44H73O11P/c1-3-5-6-7-8-9-10-11-12-16-19-22-25-28-31-34-43(48)52-38-42(39-54-56(50,51)53-37-41(47)36-45)55-44(49)35-32-29-26-23-20-17-14-13-15-18-21-24-27-30-33-40(46)4-2/h9-12,14-15,17-18,23-24,26-27,30,33,40-42,45-47H,3-8,13,16,19-22,25,28-29,31-32,34-39H2,1-2H3,(H,50,51)/b10-9-,12-11-,17-14-,18-15-,26-23-,27-24-,33-30+/t40-,41+,42-/m1/s1. The largest absolute Gasteiger partial charge is 0.472 e. The van der Waals surface area contributed by atoms with Crippen LogP contribution in [0.25, 0.3) is 0 Å². The number of aliphatic hydroxyl groups is 3. The summed E-state index contributed by atoms with van der Waals surface area (Å²) in [5.41, 5.74) is 0. The molecule has 0 saturated heterocycles. The van der Waals surface area contributed by atoms with Crippen LogP contribution in [0.1, 0.15) is 136 Å². The first kappa shape index (κ1) is 53.1. The Hall–Kier alpha value is -2.89. The van der Waals surface area contributed by atoms with Gasteiger partial charge >= 0.3 is 19.8 Å². The van der Waals surface area contributed by atoms with E-state index >= 15 is 0 Å². The van der Waals surface area contributed by atoms with Gasteiger partial charge in [0.25, 0.3) is 0 Å². The lowest BCUT2D eigenvalue weighted by Crippen LogP contribution is -2.29. The Labute approximate surface area is 337 Å². The number of aliphatic hydroxyl groups excluding tert-OH is 3. The normalized spacial score (nSPS) is 15.3. The molecule has 0 radical (unpaired) electrons. The first-order valence-corrected chi connectivity index (χ1v) is 22.2. The lowest BCUT2D eigenvalue weighted by molar-refractivity contribution is -0.161. The van der Waals surface area contributed by atoms with E-state index in [1.165, 1.54) is 25.7 Å². The maximum atomic E-state index is 12.6. The molecule has 11 nitrogen and oxygen atoms in total. The van der Waals surface area contributed by atoms with Crippen LogP contribution in [-0.4, -0.2) is 76.9 Å². The molecule has 0 aromatic heterocycles. The Balaban J connectivity index is 4.50. The van der Waals surface area contributed by atoms with Crippen molar-refractivity contribution in [3.63, 3.8) is 0 Å². The monoisotopic (exact) mass is 808 g/mol. The average Bonchev–Trinajstić information content (AvgIpc) is 3.19. The van der Waals surface area contributed by atoms with E-state index in [2.05, 4.69) is 60.1 Å². The molecule has 320 valence electrons. The summed E-state index contributed by atoms with van der Waals surface area (Å²) in [5, 5.41) is 27.8. The summed E-state index contributed by atoms with van der Waals surface area (Å²) >= 11 is 0. The van der Waals surface area contributed by atoms with Crippen LogP contribution in [0.2, 0.25) is 0 Å². The molecule has 0 bridgehead atoms. The fourth-order valence-corrected chi connectivity index (χ4v) is 5.64. The molecule has 0 aromatic rings. The van der Waals surface area contributed by atoms with Gasteiger partial charge in [0.1, 0.15) is 12.7 Å². The molecule has 0 rings (SSSR count). The zero-order valence-electron chi connectivity index (χ0n) is 34.2. The summed E-state index contributed by atoms with van der Waals surface area (Å²) < 4.78 is 32.6. The maximum absolute atomic E-state index is 12.6. The molecule has 4 atom stereocenters. The van der Waals surface area contributed by atoms with Crippen LogP contribution < -0.4 is 0 Å². The van der Waals surface area contributed by atoms with Crippen LogP contribution >= 0.6 is 7.82 Å². The second-order valence-corrected chi connectivity index (χ2v) is 15.0. The van der Waals surface area contributed by atoms with Crippen LogP contribution in [0.15, 0.2) is 85.1 Å². The van der Waals surface area contributed by atoms with Gasteiger partial charge in [-0.2, -0.15) is 0 Å². The van der Waals surface area contributed by atoms with E-state index in [1.807, 2.05) is 37.3 Å². The highest BCUT2D eigenvalue weighted by atomic mass is 31.2.